The maximum absolute atomic E-state index is 12.3. The average molecular weight is 344 g/mol. The molecule has 0 aliphatic carbocycles. The summed E-state index contributed by atoms with van der Waals surface area (Å²) in [6, 6.07) is 19.6. The Morgan fingerprint density at radius 3 is 2.46 bits per heavy atom. The Balaban J connectivity index is 1.44. The van der Waals surface area contributed by atoms with Gasteiger partial charge in [-0.3, -0.25) is 4.79 Å². The molecule has 1 amide bonds. The normalized spacial score (nSPS) is 13.2. The highest BCUT2D eigenvalue weighted by Gasteiger charge is 2.17. The molecule has 1 aromatic heterocycles. The Morgan fingerprint density at radius 2 is 1.73 bits per heavy atom. The molecule has 0 saturated heterocycles. The lowest BCUT2D eigenvalue weighted by Gasteiger charge is -2.29. The predicted octanol–water partition coefficient (Wildman–Crippen LogP) is 3.60. The summed E-state index contributed by atoms with van der Waals surface area (Å²) >= 11 is 0. The van der Waals surface area contributed by atoms with Crippen LogP contribution in [0.4, 0.5) is 11.6 Å². The Kier molecular flexibility index (Phi) is 4.35. The summed E-state index contributed by atoms with van der Waals surface area (Å²) in [5.74, 6) is 1.10. The molecule has 26 heavy (non-hydrogen) atoms. The lowest BCUT2D eigenvalue weighted by atomic mass is 10.00. The van der Waals surface area contributed by atoms with Gasteiger partial charge in [0.2, 0.25) is 0 Å². The molecular formula is C21H20N4O. The van der Waals surface area contributed by atoms with Gasteiger partial charge in [-0.2, -0.15) is 0 Å². The van der Waals surface area contributed by atoms with Gasteiger partial charge in [0.15, 0.2) is 11.6 Å². The summed E-state index contributed by atoms with van der Waals surface area (Å²) in [5.41, 5.74) is 4.46. The molecule has 0 saturated carbocycles. The molecule has 1 aliphatic heterocycles. The van der Waals surface area contributed by atoms with E-state index in [2.05, 4.69) is 44.7 Å². The first-order valence-electron chi connectivity index (χ1n) is 8.72. The first-order chi connectivity index (χ1) is 12.7. The van der Waals surface area contributed by atoms with E-state index in [4.69, 9.17) is 0 Å². The molecule has 130 valence electrons. The van der Waals surface area contributed by atoms with Gasteiger partial charge in [0, 0.05) is 18.7 Å². The number of rotatable bonds is 3. The van der Waals surface area contributed by atoms with Gasteiger partial charge in [-0.25, -0.2) is 0 Å². The zero-order valence-electron chi connectivity index (χ0n) is 14.6. The van der Waals surface area contributed by atoms with Crippen LogP contribution in [0.5, 0.6) is 0 Å². The van der Waals surface area contributed by atoms with Crippen molar-refractivity contribution < 1.29 is 4.79 Å². The number of nitrogens with one attached hydrogen (secondary N) is 1. The number of anilines is 2. The first kappa shape index (κ1) is 16.3. The molecule has 5 heteroatoms. The van der Waals surface area contributed by atoms with E-state index in [9.17, 15) is 4.79 Å². The van der Waals surface area contributed by atoms with Gasteiger partial charge in [-0.15, -0.1) is 10.2 Å². The quantitative estimate of drug-likeness (QED) is 0.789. The monoisotopic (exact) mass is 344 g/mol. The van der Waals surface area contributed by atoms with E-state index in [1.165, 1.54) is 11.1 Å². The van der Waals surface area contributed by atoms with Crippen molar-refractivity contribution >= 4 is 17.5 Å². The predicted molar refractivity (Wildman–Crippen MR) is 102 cm³/mol. The van der Waals surface area contributed by atoms with Gasteiger partial charge in [-0.05, 0) is 48.7 Å². The second-order valence-electron chi connectivity index (χ2n) is 6.54. The zero-order chi connectivity index (χ0) is 17.9. The zero-order valence-corrected chi connectivity index (χ0v) is 14.6. The van der Waals surface area contributed by atoms with Crippen LogP contribution in [0, 0.1) is 6.92 Å². The first-order valence-corrected chi connectivity index (χ1v) is 8.72. The molecule has 0 atom stereocenters. The maximum Gasteiger partial charge on any atom is 0.256 e. The Morgan fingerprint density at radius 1 is 0.962 bits per heavy atom. The van der Waals surface area contributed by atoms with Crippen LogP contribution in [0.3, 0.4) is 0 Å². The molecule has 2 aromatic carbocycles. The summed E-state index contributed by atoms with van der Waals surface area (Å²) in [4.78, 5) is 14.5. The van der Waals surface area contributed by atoms with Crippen LogP contribution in [0.15, 0.2) is 60.7 Å². The van der Waals surface area contributed by atoms with E-state index in [1.54, 1.807) is 18.2 Å². The van der Waals surface area contributed by atoms with Gasteiger partial charge in [-0.1, -0.05) is 42.0 Å². The van der Waals surface area contributed by atoms with Crippen molar-refractivity contribution in [3.05, 3.63) is 82.9 Å². The number of hydrogen-bond acceptors (Lipinski definition) is 4. The standard InChI is InChI=1S/C21H20N4O/c1-15-6-8-17(9-7-15)21(26)22-19-10-11-20(24-23-19)25-13-12-16-4-2-3-5-18(16)14-25/h2-11H,12-14H2,1H3,(H,22,23,26). The van der Waals surface area contributed by atoms with Crippen molar-refractivity contribution in [3.63, 3.8) is 0 Å². The van der Waals surface area contributed by atoms with Crippen molar-refractivity contribution in [1.82, 2.24) is 10.2 Å². The van der Waals surface area contributed by atoms with Gasteiger partial charge >= 0.3 is 0 Å². The lowest BCUT2D eigenvalue weighted by molar-refractivity contribution is 0.102. The Hall–Kier alpha value is -3.21. The summed E-state index contributed by atoms with van der Waals surface area (Å²) in [5, 5.41) is 11.3. The minimum atomic E-state index is -0.182. The summed E-state index contributed by atoms with van der Waals surface area (Å²) in [6.45, 7) is 3.74. The molecule has 5 nitrogen and oxygen atoms in total. The van der Waals surface area contributed by atoms with Crippen LogP contribution < -0.4 is 10.2 Å². The van der Waals surface area contributed by atoms with Crippen molar-refractivity contribution in [2.75, 3.05) is 16.8 Å². The van der Waals surface area contributed by atoms with E-state index in [0.717, 1.165) is 30.9 Å². The molecule has 0 radical (unpaired) electrons. The van der Waals surface area contributed by atoms with Crippen LogP contribution in [0.1, 0.15) is 27.0 Å². The second-order valence-corrected chi connectivity index (χ2v) is 6.54. The van der Waals surface area contributed by atoms with Gasteiger partial charge in [0.05, 0.1) is 0 Å². The molecule has 3 aromatic rings. The number of carbonyl (C=O) groups is 1. The third-order valence-corrected chi connectivity index (χ3v) is 4.66. The fraction of sp³-hybridized carbons (Fsp3) is 0.190. The van der Waals surface area contributed by atoms with Crippen molar-refractivity contribution in [1.29, 1.82) is 0 Å². The molecule has 0 unspecified atom stereocenters. The molecule has 0 bridgehead atoms. The fourth-order valence-corrected chi connectivity index (χ4v) is 3.15. The number of amides is 1. The number of carbonyl (C=O) groups excluding carboxylic acids is 1. The summed E-state index contributed by atoms with van der Waals surface area (Å²) in [7, 11) is 0. The van der Waals surface area contributed by atoms with Crippen LogP contribution in [-0.2, 0) is 13.0 Å². The van der Waals surface area contributed by atoms with E-state index in [1.807, 2.05) is 25.1 Å². The van der Waals surface area contributed by atoms with Crippen LogP contribution in [-0.4, -0.2) is 22.6 Å². The van der Waals surface area contributed by atoms with Gasteiger partial charge in [0.1, 0.15) is 0 Å². The molecule has 0 fully saturated rings. The highest BCUT2D eigenvalue weighted by molar-refractivity contribution is 6.03. The van der Waals surface area contributed by atoms with E-state index in [-0.39, 0.29) is 5.91 Å². The van der Waals surface area contributed by atoms with Gasteiger partial charge in [0.25, 0.3) is 5.91 Å². The third-order valence-electron chi connectivity index (χ3n) is 4.66. The largest absolute Gasteiger partial charge is 0.350 e. The van der Waals surface area contributed by atoms with Crippen LogP contribution >= 0.6 is 0 Å². The van der Waals surface area contributed by atoms with E-state index < -0.39 is 0 Å². The summed E-state index contributed by atoms with van der Waals surface area (Å²) in [6.07, 6.45) is 1.00. The van der Waals surface area contributed by atoms with Crippen LogP contribution in [0.2, 0.25) is 0 Å². The summed E-state index contributed by atoms with van der Waals surface area (Å²) < 4.78 is 0. The molecule has 1 N–H and O–H groups in total. The lowest BCUT2D eigenvalue weighted by Crippen LogP contribution is -2.31. The molecule has 1 aliphatic rings. The fourth-order valence-electron chi connectivity index (χ4n) is 3.15. The highest BCUT2D eigenvalue weighted by atomic mass is 16.1. The number of benzene rings is 2. The van der Waals surface area contributed by atoms with Gasteiger partial charge < -0.3 is 10.2 Å². The Labute approximate surface area is 152 Å². The van der Waals surface area contributed by atoms with Crippen molar-refractivity contribution in [3.8, 4) is 0 Å². The molecule has 4 rings (SSSR count). The van der Waals surface area contributed by atoms with E-state index in [0.29, 0.717) is 11.4 Å². The minimum absolute atomic E-state index is 0.182. The molecular weight excluding hydrogens is 324 g/mol. The van der Waals surface area contributed by atoms with Crippen molar-refractivity contribution in [2.24, 2.45) is 0 Å². The third kappa shape index (κ3) is 3.42. The highest BCUT2D eigenvalue weighted by Crippen LogP contribution is 2.23. The Bertz CT molecular complexity index is 920. The molecule has 2 heterocycles. The molecule has 0 spiro atoms. The SMILES string of the molecule is Cc1ccc(C(=O)Nc2ccc(N3CCc4ccccc4C3)nn2)cc1. The van der Waals surface area contributed by atoms with Crippen molar-refractivity contribution in [2.45, 2.75) is 19.9 Å². The number of hydrogen-bond donors (Lipinski definition) is 1. The number of nitrogens with zero attached hydrogens (tertiary/aromatic N) is 3. The minimum Gasteiger partial charge on any atom is -0.350 e. The maximum atomic E-state index is 12.3. The number of aromatic nitrogens is 2. The topological polar surface area (TPSA) is 58.1 Å². The van der Waals surface area contributed by atoms with Crippen LogP contribution in [0.25, 0.3) is 0 Å². The smallest absolute Gasteiger partial charge is 0.256 e. The second kappa shape index (κ2) is 6.96. The number of aryl methyl sites for hydroxylation is 1. The average Bonchev–Trinajstić information content (AvgIpc) is 2.68. The van der Waals surface area contributed by atoms with E-state index >= 15 is 0 Å². The number of fused-ring (bicyclic) bond motifs is 1.